The van der Waals surface area contributed by atoms with Crippen molar-refractivity contribution in [1.82, 2.24) is 14.5 Å². The number of rotatable bonds is 5. The predicted molar refractivity (Wildman–Crippen MR) is 81.4 cm³/mol. The zero-order chi connectivity index (χ0) is 14.7. The van der Waals surface area contributed by atoms with Crippen LogP contribution in [0.3, 0.4) is 0 Å². The second-order valence-corrected chi connectivity index (χ2v) is 4.93. The Morgan fingerprint density at radius 2 is 2.05 bits per heavy atom. The normalized spacial score (nSPS) is 10.9. The number of carbonyl (C=O) groups excluding carboxylic acids is 1. The molecule has 0 unspecified atom stereocenters. The zero-order valence-corrected chi connectivity index (χ0v) is 12.4. The van der Waals surface area contributed by atoms with E-state index in [2.05, 4.69) is 11.1 Å². The summed E-state index contributed by atoms with van der Waals surface area (Å²) >= 11 is 0. The topological polar surface area (TPSA) is 64.2 Å². The lowest BCUT2D eigenvalue weighted by Gasteiger charge is -2.18. The van der Waals surface area contributed by atoms with Crippen LogP contribution in [0.5, 0.6) is 0 Å². The zero-order valence-electron chi connectivity index (χ0n) is 12.4. The van der Waals surface area contributed by atoms with Crippen LogP contribution in [0.15, 0.2) is 18.2 Å². The molecule has 5 nitrogen and oxygen atoms in total. The molecule has 0 spiro atoms. The number of nitrogens with zero attached hydrogens (tertiary/aromatic N) is 3. The molecule has 0 atom stereocenters. The Kier molecular flexibility index (Phi) is 4.27. The minimum atomic E-state index is 0.156. The van der Waals surface area contributed by atoms with E-state index < -0.39 is 0 Å². The molecule has 108 valence electrons. The summed E-state index contributed by atoms with van der Waals surface area (Å²) in [4.78, 5) is 18.2. The summed E-state index contributed by atoms with van der Waals surface area (Å²) in [7, 11) is 0. The van der Waals surface area contributed by atoms with Crippen molar-refractivity contribution in [3.8, 4) is 0 Å². The van der Waals surface area contributed by atoms with Crippen LogP contribution < -0.4 is 5.73 Å². The maximum atomic E-state index is 12.1. The molecule has 0 aliphatic carbocycles. The highest BCUT2D eigenvalue weighted by Gasteiger charge is 2.13. The second-order valence-electron chi connectivity index (χ2n) is 4.93. The number of amides is 1. The summed E-state index contributed by atoms with van der Waals surface area (Å²) < 4.78 is 1.92. The fourth-order valence-corrected chi connectivity index (χ4v) is 2.43. The van der Waals surface area contributed by atoms with Gasteiger partial charge in [-0.25, -0.2) is 4.98 Å². The summed E-state index contributed by atoms with van der Waals surface area (Å²) in [5, 5.41) is 0. The third-order valence-electron chi connectivity index (χ3n) is 3.60. The average molecular weight is 274 g/mol. The molecule has 2 N–H and O–H groups in total. The number of fused-ring (bicyclic) bond motifs is 1. The summed E-state index contributed by atoms with van der Waals surface area (Å²) in [5.74, 6) is 0.627. The van der Waals surface area contributed by atoms with Gasteiger partial charge in [0, 0.05) is 26.1 Å². The van der Waals surface area contributed by atoms with Gasteiger partial charge in [-0.15, -0.1) is 0 Å². The van der Waals surface area contributed by atoms with Gasteiger partial charge < -0.3 is 15.2 Å². The number of aromatic nitrogens is 2. The van der Waals surface area contributed by atoms with Crippen LogP contribution >= 0.6 is 0 Å². The van der Waals surface area contributed by atoms with Crippen molar-refractivity contribution in [2.24, 2.45) is 0 Å². The van der Waals surface area contributed by atoms with Crippen LogP contribution in [0.25, 0.3) is 11.0 Å². The number of nitrogens with two attached hydrogens (primary N) is 1. The van der Waals surface area contributed by atoms with Crippen LogP contribution in [0.4, 0.5) is 5.95 Å². The Labute approximate surface area is 119 Å². The third-order valence-corrected chi connectivity index (χ3v) is 3.60. The molecule has 1 heterocycles. The molecular formula is C15H22N4O. The van der Waals surface area contributed by atoms with Gasteiger partial charge in [0.25, 0.3) is 0 Å². The lowest BCUT2D eigenvalue weighted by atomic mass is 10.2. The van der Waals surface area contributed by atoms with E-state index in [0.29, 0.717) is 18.9 Å². The van der Waals surface area contributed by atoms with Crippen molar-refractivity contribution < 1.29 is 4.79 Å². The van der Waals surface area contributed by atoms with Gasteiger partial charge in [-0.2, -0.15) is 0 Å². The second kappa shape index (κ2) is 5.94. The molecule has 0 aliphatic rings. The van der Waals surface area contributed by atoms with Gasteiger partial charge in [0.05, 0.1) is 11.0 Å². The van der Waals surface area contributed by atoms with Gasteiger partial charge in [-0.1, -0.05) is 6.07 Å². The maximum absolute atomic E-state index is 12.1. The first-order chi connectivity index (χ1) is 9.56. The Morgan fingerprint density at radius 1 is 1.35 bits per heavy atom. The lowest BCUT2D eigenvalue weighted by molar-refractivity contribution is -0.131. The first-order valence-electron chi connectivity index (χ1n) is 7.07. The van der Waals surface area contributed by atoms with Gasteiger partial charge >= 0.3 is 0 Å². The molecular weight excluding hydrogens is 252 g/mol. The summed E-state index contributed by atoms with van der Waals surface area (Å²) in [6.07, 6.45) is 0.450. The predicted octanol–water partition coefficient (Wildman–Crippen LogP) is 2.19. The average Bonchev–Trinajstić information content (AvgIpc) is 2.73. The van der Waals surface area contributed by atoms with E-state index in [-0.39, 0.29) is 5.91 Å². The Balaban J connectivity index is 2.19. The molecule has 1 aromatic heterocycles. The van der Waals surface area contributed by atoms with Gasteiger partial charge in [0.1, 0.15) is 0 Å². The molecule has 1 aromatic carbocycles. The number of aryl methyl sites for hydroxylation is 2. The van der Waals surface area contributed by atoms with Crippen molar-refractivity contribution in [3.63, 3.8) is 0 Å². The van der Waals surface area contributed by atoms with Crippen LogP contribution in [-0.2, 0) is 11.3 Å². The van der Waals surface area contributed by atoms with Crippen molar-refractivity contribution in [2.45, 2.75) is 33.7 Å². The fourth-order valence-electron chi connectivity index (χ4n) is 2.43. The molecule has 0 bridgehead atoms. The number of carbonyl (C=O) groups is 1. The van der Waals surface area contributed by atoms with Gasteiger partial charge in [0.15, 0.2) is 0 Å². The van der Waals surface area contributed by atoms with E-state index in [0.717, 1.165) is 29.7 Å². The van der Waals surface area contributed by atoms with Crippen LogP contribution in [0.2, 0.25) is 0 Å². The van der Waals surface area contributed by atoms with E-state index in [1.165, 1.54) is 0 Å². The quantitative estimate of drug-likeness (QED) is 0.909. The van der Waals surface area contributed by atoms with Crippen LogP contribution in [-0.4, -0.2) is 33.4 Å². The molecule has 0 radical (unpaired) electrons. The molecule has 2 rings (SSSR count). The third kappa shape index (κ3) is 2.76. The number of hydrogen-bond acceptors (Lipinski definition) is 3. The minimum Gasteiger partial charge on any atom is -0.369 e. The number of imidazole rings is 1. The van der Waals surface area contributed by atoms with E-state index in [1.54, 1.807) is 0 Å². The molecule has 1 amide bonds. The van der Waals surface area contributed by atoms with Crippen molar-refractivity contribution in [1.29, 1.82) is 0 Å². The molecule has 0 fully saturated rings. The summed E-state index contributed by atoms with van der Waals surface area (Å²) in [6, 6.07) is 6.03. The van der Waals surface area contributed by atoms with E-state index in [1.807, 2.05) is 42.4 Å². The van der Waals surface area contributed by atoms with Crippen LogP contribution in [0, 0.1) is 6.92 Å². The minimum absolute atomic E-state index is 0.156. The number of hydrogen-bond donors (Lipinski definition) is 1. The van der Waals surface area contributed by atoms with Crippen LogP contribution in [0.1, 0.15) is 25.8 Å². The van der Waals surface area contributed by atoms with Crippen molar-refractivity contribution >= 4 is 22.9 Å². The molecule has 0 aliphatic heterocycles. The van der Waals surface area contributed by atoms with Crippen molar-refractivity contribution in [3.05, 3.63) is 23.8 Å². The Bertz CT molecular complexity index is 614. The monoisotopic (exact) mass is 274 g/mol. The summed E-state index contributed by atoms with van der Waals surface area (Å²) in [6.45, 7) is 8.08. The Hall–Kier alpha value is -2.04. The SMILES string of the molecule is CCN(CC)C(=O)CCn1c(N)nc2ccc(C)cc21. The summed E-state index contributed by atoms with van der Waals surface area (Å²) in [5.41, 5.74) is 8.99. The number of anilines is 1. The molecule has 0 saturated carbocycles. The molecule has 5 heteroatoms. The van der Waals surface area contributed by atoms with Gasteiger partial charge in [0.2, 0.25) is 11.9 Å². The molecule has 2 aromatic rings. The molecule has 0 saturated heterocycles. The van der Waals surface area contributed by atoms with E-state index >= 15 is 0 Å². The molecule has 20 heavy (non-hydrogen) atoms. The fraction of sp³-hybridized carbons (Fsp3) is 0.467. The van der Waals surface area contributed by atoms with Gasteiger partial charge in [-0.05, 0) is 38.5 Å². The smallest absolute Gasteiger partial charge is 0.224 e. The number of benzene rings is 1. The highest BCUT2D eigenvalue weighted by Crippen LogP contribution is 2.19. The number of nitrogen functional groups attached to an aromatic ring is 1. The maximum Gasteiger partial charge on any atom is 0.224 e. The first kappa shape index (κ1) is 14.4. The highest BCUT2D eigenvalue weighted by atomic mass is 16.2. The standard InChI is InChI=1S/C15H22N4O/c1-4-18(5-2)14(20)8-9-19-13-10-11(3)6-7-12(13)17-15(19)16/h6-7,10H,4-5,8-9H2,1-3H3,(H2,16,17). The largest absolute Gasteiger partial charge is 0.369 e. The van der Waals surface area contributed by atoms with E-state index in [9.17, 15) is 4.79 Å². The Morgan fingerprint density at radius 3 is 2.70 bits per heavy atom. The highest BCUT2D eigenvalue weighted by molar-refractivity contribution is 5.80. The van der Waals surface area contributed by atoms with Gasteiger partial charge in [-0.3, -0.25) is 4.79 Å². The van der Waals surface area contributed by atoms with Crippen molar-refractivity contribution in [2.75, 3.05) is 18.8 Å². The van der Waals surface area contributed by atoms with E-state index in [4.69, 9.17) is 5.73 Å². The lowest BCUT2D eigenvalue weighted by Crippen LogP contribution is -2.31. The first-order valence-corrected chi connectivity index (χ1v) is 7.07.